The van der Waals surface area contributed by atoms with Crippen LogP contribution in [-0.4, -0.2) is 22.9 Å². The van der Waals surface area contributed by atoms with Gasteiger partial charge in [-0.3, -0.25) is 14.8 Å². The van der Waals surface area contributed by atoms with E-state index < -0.39 is 0 Å². The van der Waals surface area contributed by atoms with Crippen LogP contribution in [0, 0.1) is 13.8 Å². The first-order valence-electron chi connectivity index (χ1n) is 5.60. The number of pyridine rings is 2. The number of hydrogen-bond acceptors (Lipinski definition) is 4. The second-order valence-corrected chi connectivity index (χ2v) is 4.03. The summed E-state index contributed by atoms with van der Waals surface area (Å²) in [6.45, 7) is 3.72. The SMILES string of the molecule is COc1cncc(C(=O)c2ccc(C)nc2C)c1. The Hall–Kier alpha value is -2.23. The second kappa shape index (κ2) is 4.96. The van der Waals surface area contributed by atoms with E-state index in [4.69, 9.17) is 4.74 Å². The first-order valence-corrected chi connectivity index (χ1v) is 5.60. The highest BCUT2D eigenvalue weighted by Crippen LogP contribution is 2.16. The van der Waals surface area contributed by atoms with E-state index >= 15 is 0 Å². The molecule has 0 spiro atoms. The van der Waals surface area contributed by atoms with Crippen molar-refractivity contribution in [3.8, 4) is 5.75 Å². The molecule has 0 aliphatic rings. The quantitative estimate of drug-likeness (QED) is 0.775. The standard InChI is InChI=1S/C14H14N2O2/c1-9-4-5-13(10(2)16-9)14(17)11-6-12(18-3)8-15-7-11/h4-8H,1-3H3. The lowest BCUT2D eigenvalue weighted by Gasteiger charge is -2.06. The smallest absolute Gasteiger partial charge is 0.196 e. The van der Waals surface area contributed by atoms with E-state index in [1.165, 1.54) is 6.20 Å². The van der Waals surface area contributed by atoms with Crippen LogP contribution in [0.4, 0.5) is 0 Å². The zero-order valence-corrected chi connectivity index (χ0v) is 10.6. The second-order valence-electron chi connectivity index (χ2n) is 4.03. The predicted molar refractivity (Wildman–Crippen MR) is 67.9 cm³/mol. The average molecular weight is 242 g/mol. The number of aromatic nitrogens is 2. The van der Waals surface area contributed by atoms with Crippen LogP contribution in [0.1, 0.15) is 27.3 Å². The molecule has 0 saturated heterocycles. The molecule has 0 aliphatic heterocycles. The molecular weight excluding hydrogens is 228 g/mol. The van der Waals surface area contributed by atoms with Crippen LogP contribution in [0.5, 0.6) is 5.75 Å². The summed E-state index contributed by atoms with van der Waals surface area (Å²) in [5.74, 6) is 0.477. The lowest BCUT2D eigenvalue weighted by atomic mass is 10.0. The van der Waals surface area contributed by atoms with Gasteiger partial charge in [0, 0.05) is 28.7 Å². The third-order valence-corrected chi connectivity index (χ3v) is 2.68. The molecule has 92 valence electrons. The Balaban J connectivity index is 2.41. The van der Waals surface area contributed by atoms with Crippen molar-refractivity contribution in [1.29, 1.82) is 0 Å². The summed E-state index contributed by atoms with van der Waals surface area (Å²) in [5, 5.41) is 0. The molecule has 0 atom stereocenters. The van der Waals surface area contributed by atoms with Gasteiger partial charge in [-0.15, -0.1) is 0 Å². The van der Waals surface area contributed by atoms with Crippen LogP contribution >= 0.6 is 0 Å². The molecule has 0 unspecified atom stereocenters. The number of aryl methyl sites for hydroxylation is 2. The van der Waals surface area contributed by atoms with Gasteiger partial charge in [0.15, 0.2) is 5.78 Å². The maximum Gasteiger partial charge on any atom is 0.196 e. The van der Waals surface area contributed by atoms with Gasteiger partial charge in [-0.05, 0) is 32.0 Å². The maximum absolute atomic E-state index is 12.3. The zero-order valence-electron chi connectivity index (χ0n) is 10.6. The number of ether oxygens (including phenoxy) is 1. The van der Waals surface area contributed by atoms with E-state index in [0.29, 0.717) is 16.9 Å². The molecule has 4 heteroatoms. The third kappa shape index (κ3) is 2.37. The molecule has 0 aliphatic carbocycles. The fraction of sp³-hybridized carbons (Fsp3) is 0.214. The summed E-state index contributed by atoms with van der Waals surface area (Å²) in [5.41, 5.74) is 2.72. The average Bonchev–Trinajstić information content (AvgIpc) is 2.38. The third-order valence-electron chi connectivity index (χ3n) is 2.68. The highest BCUT2D eigenvalue weighted by molar-refractivity contribution is 6.09. The van der Waals surface area contributed by atoms with Crippen molar-refractivity contribution in [2.75, 3.05) is 7.11 Å². The number of carbonyl (C=O) groups is 1. The van der Waals surface area contributed by atoms with Crippen LogP contribution in [0.15, 0.2) is 30.6 Å². The van der Waals surface area contributed by atoms with E-state index in [1.807, 2.05) is 19.9 Å². The van der Waals surface area contributed by atoms with Crippen LogP contribution in [0.3, 0.4) is 0 Å². The van der Waals surface area contributed by atoms with Gasteiger partial charge in [0.25, 0.3) is 0 Å². The molecule has 2 aromatic heterocycles. The van der Waals surface area contributed by atoms with Crippen LogP contribution < -0.4 is 4.74 Å². The van der Waals surface area contributed by atoms with Gasteiger partial charge in [0.2, 0.25) is 0 Å². The Bertz CT molecular complexity index is 594. The molecule has 0 aromatic carbocycles. The highest BCUT2D eigenvalue weighted by atomic mass is 16.5. The Labute approximate surface area is 106 Å². The van der Waals surface area contributed by atoms with Crippen LogP contribution in [0.25, 0.3) is 0 Å². The van der Waals surface area contributed by atoms with Crippen molar-refractivity contribution < 1.29 is 9.53 Å². The highest BCUT2D eigenvalue weighted by Gasteiger charge is 2.13. The first kappa shape index (κ1) is 12.2. The van der Waals surface area contributed by atoms with Crippen molar-refractivity contribution in [2.45, 2.75) is 13.8 Å². The largest absolute Gasteiger partial charge is 0.495 e. The Morgan fingerprint density at radius 1 is 1.22 bits per heavy atom. The van der Waals surface area contributed by atoms with E-state index in [-0.39, 0.29) is 5.78 Å². The van der Waals surface area contributed by atoms with Gasteiger partial charge in [-0.2, -0.15) is 0 Å². The summed E-state index contributed by atoms with van der Waals surface area (Å²) in [7, 11) is 1.55. The lowest BCUT2D eigenvalue weighted by molar-refractivity contribution is 0.103. The molecule has 0 N–H and O–H groups in total. The maximum atomic E-state index is 12.3. The molecule has 0 amide bonds. The minimum atomic E-state index is -0.0913. The summed E-state index contributed by atoms with van der Waals surface area (Å²) >= 11 is 0. The fourth-order valence-corrected chi connectivity index (χ4v) is 1.74. The van der Waals surface area contributed by atoms with Gasteiger partial charge >= 0.3 is 0 Å². The van der Waals surface area contributed by atoms with Crippen molar-refractivity contribution >= 4 is 5.78 Å². The molecule has 2 aromatic rings. The van der Waals surface area contributed by atoms with Crippen molar-refractivity contribution in [1.82, 2.24) is 9.97 Å². The molecule has 0 bridgehead atoms. The number of hydrogen-bond donors (Lipinski definition) is 0. The van der Waals surface area contributed by atoms with E-state index in [9.17, 15) is 4.79 Å². The molecule has 0 saturated carbocycles. The molecule has 18 heavy (non-hydrogen) atoms. The monoisotopic (exact) mass is 242 g/mol. The van der Waals surface area contributed by atoms with Gasteiger partial charge in [0.1, 0.15) is 5.75 Å². The molecule has 2 rings (SSSR count). The summed E-state index contributed by atoms with van der Waals surface area (Å²) < 4.78 is 5.06. The van der Waals surface area contributed by atoms with Gasteiger partial charge in [-0.25, -0.2) is 0 Å². The first-order chi connectivity index (χ1) is 8.61. The van der Waals surface area contributed by atoms with Gasteiger partial charge in [-0.1, -0.05) is 0 Å². The molecular formula is C14H14N2O2. The lowest BCUT2D eigenvalue weighted by Crippen LogP contribution is -2.06. The van der Waals surface area contributed by atoms with Crippen molar-refractivity contribution in [3.05, 3.63) is 53.1 Å². The summed E-state index contributed by atoms with van der Waals surface area (Å²) in [4.78, 5) is 20.6. The predicted octanol–water partition coefficient (Wildman–Crippen LogP) is 2.33. The van der Waals surface area contributed by atoms with E-state index in [2.05, 4.69) is 9.97 Å². The van der Waals surface area contributed by atoms with Crippen LogP contribution in [-0.2, 0) is 0 Å². The normalized spacial score (nSPS) is 10.2. The number of methoxy groups -OCH3 is 1. The Morgan fingerprint density at radius 3 is 2.67 bits per heavy atom. The topological polar surface area (TPSA) is 52.1 Å². The fourth-order valence-electron chi connectivity index (χ4n) is 1.74. The van der Waals surface area contributed by atoms with E-state index in [0.717, 1.165) is 11.4 Å². The van der Waals surface area contributed by atoms with Crippen LogP contribution in [0.2, 0.25) is 0 Å². The molecule has 2 heterocycles. The number of rotatable bonds is 3. The molecule has 0 radical (unpaired) electrons. The zero-order chi connectivity index (χ0) is 13.1. The number of ketones is 1. The number of carbonyl (C=O) groups excluding carboxylic acids is 1. The van der Waals surface area contributed by atoms with Crippen molar-refractivity contribution in [2.24, 2.45) is 0 Å². The minimum absolute atomic E-state index is 0.0913. The number of nitrogens with zero attached hydrogens (tertiary/aromatic N) is 2. The Morgan fingerprint density at radius 2 is 2.00 bits per heavy atom. The van der Waals surface area contributed by atoms with Gasteiger partial charge in [0.05, 0.1) is 13.3 Å². The summed E-state index contributed by atoms with van der Waals surface area (Å²) in [6, 6.07) is 5.29. The van der Waals surface area contributed by atoms with Gasteiger partial charge < -0.3 is 4.74 Å². The Kier molecular flexibility index (Phi) is 3.37. The van der Waals surface area contributed by atoms with E-state index in [1.54, 1.807) is 25.4 Å². The summed E-state index contributed by atoms with van der Waals surface area (Å²) in [6.07, 6.45) is 3.10. The molecule has 0 fully saturated rings. The van der Waals surface area contributed by atoms with Crippen molar-refractivity contribution in [3.63, 3.8) is 0 Å². The molecule has 4 nitrogen and oxygen atoms in total. The minimum Gasteiger partial charge on any atom is -0.495 e.